The lowest BCUT2D eigenvalue weighted by molar-refractivity contribution is -0.118. The maximum atomic E-state index is 15.0. The number of carbonyl (C=O) groups is 1. The average Bonchev–Trinajstić information content (AvgIpc) is 2.87. The van der Waals surface area contributed by atoms with Crippen molar-refractivity contribution in [1.82, 2.24) is 19.8 Å². The van der Waals surface area contributed by atoms with E-state index in [1.165, 1.54) is 6.07 Å². The van der Waals surface area contributed by atoms with E-state index < -0.39 is 6.17 Å². The molecule has 0 aliphatic carbocycles. The number of nitrogens with one attached hydrogen (secondary N) is 2. The van der Waals surface area contributed by atoms with Gasteiger partial charge < -0.3 is 19.9 Å². The first-order valence-corrected chi connectivity index (χ1v) is 11.6. The number of nitrogens with zero attached hydrogens (tertiary/aromatic N) is 4. The molecular formula is C25H25FN6O3. The van der Waals surface area contributed by atoms with Gasteiger partial charge in [0.15, 0.2) is 18.2 Å². The van der Waals surface area contributed by atoms with E-state index in [0.29, 0.717) is 60.9 Å². The van der Waals surface area contributed by atoms with Crippen molar-refractivity contribution in [3.8, 4) is 11.8 Å². The van der Waals surface area contributed by atoms with Gasteiger partial charge in [-0.25, -0.2) is 9.37 Å². The van der Waals surface area contributed by atoms with Gasteiger partial charge in [0.2, 0.25) is 0 Å². The van der Waals surface area contributed by atoms with Crippen LogP contribution in [0.3, 0.4) is 0 Å². The fourth-order valence-electron chi connectivity index (χ4n) is 4.57. The van der Waals surface area contributed by atoms with Gasteiger partial charge in [0.05, 0.1) is 22.8 Å². The maximum absolute atomic E-state index is 15.0. The maximum Gasteiger partial charge on any atom is 0.263 e. The summed E-state index contributed by atoms with van der Waals surface area (Å²) in [6, 6.07) is 13.9. The number of anilines is 1. The van der Waals surface area contributed by atoms with Crippen LogP contribution in [0.4, 0.5) is 10.2 Å². The highest BCUT2D eigenvalue weighted by Gasteiger charge is 2.29. The van der Waals surface area contributed by atoms with Gasteiger partial charge in [-0.05, 0) is 48.7 Å². The lowest BCUT2D eigenvalue weighted by Crippen LogP contribution is -2.51. The zero-order valence-corrected chi connectivity index (χ0v) is 19.0. The standard InChI is InChI=1S/C25H25FN6O3/c26-19-14-31(9-10-32-21-11-16(12-27)1-2-17(21)3-6-24(32)34)8-7-20(19)28-13-18-4-5-22-25(29-18)30-23(33)15-35-22/h1-6,11,19-20,28H,7-10,13-15H2,(H,29,30,33). The fourth-order valence-corrected chi connectivity index (χ4v) is 4.57. The molecule has 2 aromatic heterocycles. The van der Waals surface area contributed by atoms with Crippen molar-refractivity contribution in [3.63, 3.8) is 0 Å². The van der Waals surface area contributed by atoms with E-state index in [4.69, 9.17) is 4.74 Å². The Kier molecular flexibility index (Phi) is 6.44. The zero-order valence-electron chi connectivity index (χ0n) is 19.0. The quantitative estimate of drug-likeness (QED) is 0.558. The summed E-state index contributed by atoms with van der Waals surface area (Å²) >= 11 is 0. The summed E-state index contributed by atoms with van der Waals surface area (Å²) in [5, 5.41) is 16.0. The number of alkyl halides is 1. The highest BCUT2D eigenvalue weighted by Crippen LogP contribution is 2.25. The van der Waals surface area contributed by atoms with E-state index in [-0.39, 0.29) is 30.7 Å². The van der Waals surface area contributed by atoms with Crippen molar-refractivity contribution < 1.29 is 13.9 Å². The zero-order chi connectivity index (χ0) is 24.4. The van der Waals surface area contributed by atoms with Crippen molar-refractivity contribution in [2.45, 2.75) is 31.7 Å². The van der Waals surface area contributed by atoms with Crippen LogP contribution in [0.2, 0.25) is 0 Å². The van der Waals surface area contributed by atoms with E-state index in [1.807, 2.05) is 11.0 Å². The van der Waals surface area contributed by atoms with Crippen LogP contribution < -0.4 is 20.9 Å². The van der Waals surface area contributed by atoms with Crippen molar-refractivity contribution in [1.29, 1.82) is 5.26 Å². The molecule has 2 aliphatic heterocycles. The molecule has 180 valence electrons. The van der Waals surface area contributed by atoms with Gasteiger partial charge in [0.25, 0.3) is 11.5 Å². The monoisotopic (exact) mass is 476 g/mol. The van der Waals surface area contributed by atoms with Crippen LogP contribution >= 0.6 is 0 Å². The minimum absolute atomic E-state index is 0.0234. The van der Waals surface area contributed by atoms with E-state index in [2.05, 4.69) is 21.7 Å². The average molecular weight is 477 g/mol. The summed E-state index contributed by atoms with van der Waals surface area (Å²) in [5.74, 6) is 0.666. The first-order valence-electron chi connectivity index (χ1n) is 11.6. The van der Waals surface area contributed by atoms with Crippen LogP contribution in [0, 0.1) is 11.3 Å². The van der Waals surface area contributed by atoms with E-state index in [1.54, 1.807) is 34.9 Å². The number of likely N-dealkylation sites (tertiary alicyclic amines) is 1. The molecule has 1 aromatic carbocycles. The molecule has 0 bridgehead atoms. The minimum atomic E-state index is -1.07. The third kappa shape index (κ3) is 5.01. The third-order valence-electron chi connectivity index (χ3n) is 6.47. The molecule has 35 heavy (non-hydrogen) atoms. The van der Waals surface area contributed by atoms with Gasteiger partial charge >= 0.3 is 0 Å². The number of hydrogen-bond acceptors (Lipinski definition) is 7. The van der Waals surface area contributed by atoms with Crippen LogP contribution in [0.15, 0.2) is 47.3 Å². The number of benzene rings is 1. The number of nitriles is 1. The lowest BCUT2D eigenvalue weighted by atomic mass is 10.0. The highest BCUT2D eigenvalue weighted by molar-refractivity contribution is 5.94. The summed E-state index contributed by atoms with van der Waals surface area (Å²) < 4.78 is 21.9. The number of halogens is 1. The number of aromatic nitrogens is 2. The molecule has 1 saturated heterocycles. The summed E-state index contributed by atoms with van der Waals surface area (Å²) in [4.78, 5) is 30.4. The Morgan fingerprint density at radius 3 is 2.89 bits per heavy atom. The molecule has 4 heterocycles. The number of amides is 1. The Labute approximate surface area is 201 Å². The smallest absolute Gasteiger partial charge is 0.263 e. The molecule has 2 atom stereocenters. The normalized spacial score (nSPS) is 20.1. The molecule has 9 nitrogen and oxygen atoms in total. The van der Waals surface area contributed by atoms with Crippen LogP contribution in [-0.4, -0.2) is 58.8 Å². The molecule has 0 radical (unpaired) electrons. The van der Waals surface area contributed by atoms with Crippen LogP contribution in [-0.2, 0) is 17.9 Å². The number of hydrogen-bond donors (Lipinski definition) is 2. The summed E-state index contributed by atoms with van der Waals surface area (Å²) in [6.45, 7) is 2.27. The summed E-state index contributed by atoms with van der Waals surface area (Å²) in [6.07, 6.45) is -0.451. The summed E-state index contributed by atoms with van der Waals surface area (Å²) in [7, 11) is 0. The van der Waals surface area contributed by atoms with Crippen LogP contribution in [0.1, 0.15) is 17.7 Å². The van der Waals surface area contributed by atoms with Gasteiger partial charge in [0.1, 0.15) is 6.17 Å². The Morgan fingerprint density at radius 1 is 1.20 bits per heavy atom. The van der Waals surface area contributed by atoms with E-state index in [9.17, 15) is 19.2 Å². The number of fused-ring (bicyclic) bond motifs is 2. The van der Waals surface area contributed by atoms with Crippen molar-refractivity contribution in [2.75, 3.05) is 31.6 Å². The molecule has 10 heteroatoms. The molecule has 0 saturated carbocycles. The van der Waals surface area contributed by atoms with Crippen LogP contribution in [0.25, 0.3) is 10.9 Å². The molecule has 1 amide bonds. The second kappa shape index (κ2) is 9.82. The molecular weight excluding hydrogens is 451 g/mol. The third-order valence-corrected chi connectivity index (χ3v) is 6.47. The first kappa shape index (κ1) is 23.0. The van der Waals surface area contributed by atoms with Gasteiger partial charge in [-0.3, -0.25) is 14.5 Å². The van der Waals surface area contributed by atoms with Crippen molar-refractivity contribution in [3.05, 3.63) is 64.1 Å². The van der Waals surface area contributed by atoms with Crippen LogP contribution in [0.5, 0.6) is 5.75 Å². The van der Waals surface area contributed by atoms with Gasteiger partial charge in [0, 0.05) is 38.3 Å². The highest BCUT2D eigenvalue weighted by atomic mass is 19.1. The topological polar surface area (TPSA) is 112 Å². The Bertz CT molecular complexity index is 1370. The van der Waals surface area contributed by atoms with Gasteiger partial charge in [-0.15, -0.1) is 0 Å². The number of pyridine rings is 2. The number of carbonyl (C=O) groups excluding carboxylic acids is 1. The number of rotatable bonds is 6. The summed E-state index contributed by atoms with van der Waals surface area (Å²) in [5.41, 5.74) is 1.76. The Balaban J connectivity index is 1.17. The van der Waals surface area contributed by atoms with Crippen molar-refractivity contribution in [2.24, 2.45) is 0 Å². The van der Waals surface area contributed by atoms with Crippen molar-refractivity contribution >= 4 is 22.6 Å². The molecule has 2 aliphatic rings. The molecule has 2 N–H and O–H groups in total. The molecule has 0 spiro atoms. The van der Waals surface area contributed by atoms with Gasteiger partial charge in [-0.1, -0.05) is 6.07 Å². The van der Waals surface area contributed by atoms with E-state index >= 15 is 0 Å². The fraction of sp³-hybridized carbons (Fsp3) is 0.360. The minimum Gasteiger partial charge on any atom is -0.480 e. The molecule has 1 fully saturated rings. The predicted octanol–water partition coefficient (Wildman–Crippen LogP) is 1.80. The largest absolute Gasteiger partial charge is 0.480 e. The molecule has 5 rings (SSSR count). The second-order valence-corrected chi connectivity index (χ2v) is 8.79. The molecule has 3 aromatic rings. The Morgan fingerprint density at radius 2 is 2.06 bits per heavy atom. The predicted molar refractivity (Wildman–Crippen MR) is 128 cm³/mol. The lowest BCUT2D eigenvalue weighted by Gasteiger charge is -2.35. The molecule has 2 unspecified atom stereocenters. The SMILES string of the molecule is N#Cc1ccc2ccc(=O)n(CCN3CCC(NCc4ccc5c(n4)NC(=O)CO5)C(F)C3)c2c1. The second-order valence-electron chi connectivity index (χ2n) is 8.79. The van der Waals surface area contributed by atoms with E-state index in [0.717, 1.165) is 5.39 Å². The number of ether oxygens (including phenoxy) is 1. The Hall–Kier alpha value is -3.81. The number of piperidine rings is 1. The first-order chi connectivity index (χ1) is 17.0. The van der Waals surface area contributed by atoms with Gasteiger partial charge in [-0.2, -0.15) is 5.26 Å².